The van der Waals surface area contributed by atoms with E-state index in [0.717, 1.165) is 44.7 Å². The molecule has 2 heterocycles. The van der Waals surface area contributed by atoms with Crippen LogP contribution in [0.25, 0.3) is 0 Å². The van der Waals surface area contributed by atoms with Crippen molar-refractivity contribution in [2.75, 3.05) is 45.0 Å². The van der Waals surface area contributed by atoms with Crippen LogP contribution in [-0.4, -0.2) is 65.9 Å². The summed E-state index contributed by atoms with van der Waals surface area (Å²) >= 11 is 0. The Hall–Kier alpha value is -2.26. The molecule has 0 bridgehead atoms. The number of carbonyl (C=O) groups is 1. The zero-order valence-electron chi connectivity index (χ0n) is 13.2. The molecule has 2 aliphatic rings. The lowest BCUT2D eigenvalue weighted by Crippen LogP contribution is -2.49. The second-order valence-electron chi connectivity index (χ2n) is 6.12. The predicted octanol–water partition coefficient (Wildman–Crippen LogP) is 0.436. The van der Waals surface area contributed by atoms with E-state index in [1.807, 2.05) is 0 Å². The smallest absolute Gasteiger partial charge is 0.295 e. The molecule has 1 amide bonds. The number of nitro benzene ring substituents is 1. The van der Waals surface area contributed by atoms with E-state index in [4.69, 9.17) is 5.73 Å². The average molecular weight is 337 g/mol. The lowest BCUT2D eigenvalue weighted by molar-refractivity contribution is -0.384. The van der Waals surface area contributed by atoms with E-state index in [-0.39, 0.29) is 17.3 Å². The summed E-state index contributed by atoms with van der Waals surface area (Å²) in [6, 6.07) is 1.98. The maximum absolute atomic E-state index is 13.6. The molecule has 2 aliphatic heterocycles. The molecular formula is C15H20FN5O3. The van der Waals surface area contributed by atoms with Gasteiger partial charge in [-0.3, -0.25) is 19.8 Å². The fourth-order valence-electron chi connectivity index (χ4n) is 3.37. The van der Waals surface area contributed by atoms with E-state index >= 15 is 0 Å². The molecule has 24 heavy (non-hydrogen) atoms. The third kappa shape index (κ3) is 3.17. The molecular weight excluding hydrogens is 317 g/mol. The number of hydrogen-bond acceptors (Lipinski definition) is 6. The molecule has 0 aromatic heterocycles. The van der Waals surface area contributed by atoms with E-state index in [1.54, 1.807) is 4.90 Å². The number of anilines is 1. The highest BCUT2D eigenvalue weighted by atomic mass is 19.1. The summed E-state index contributed by atoms with van der Waals surface area (Å²) in [7, 11) is 0. The molecule has 1 unspecified atom stereocenters. The first kappa shape index (κ1) is 16.6. The number of carbonyl (C=O) groups excluding carboxylic acids is 1. The van der Waals surface area contributed by atoms with Crippen LogP contribution in [0.3, 0.4) is 0 Å². The maximum Gasteiger partial charge on any atom is 0.295 e. The number of rotatable bonds is 3. The molecule has 3 N–H and O–H groups in total. The van der Waals surface area contributed by atoms with Crippen molar-refractivity contribution >= 4 is 17.3 Å². The number of likely N-dealkylation sites (tertiary alicyclic amines) is 1. The molecule has 9 heteroatoms. The number of amides is 1. The standard InChI is InChI=1S/C15H20FN5O3/c16-10-7-12(14(17)13(8-10)21(23)24)15(22)20-4-1-11(9-20)19-5-2-18-3-6-19/h7-8,11,18H,1-6,9,17H2. The third-order valence-corrected chi connectivity index (χ3v) is 4.67. The number of nitrogens with one attached hydrogen (secondary N) is 1. The largest absolute Gasteiger partial charge is 0.393 e. The molecule has 3 rings (SSSR count). The normalized spacial score (nSPS) is 21.9. The van der Waals surface area contributed by atoms with Gasteiger partial charge in [-0.25, -0.2) is 4.39 Å². The highest BCUT2D eigenvalue weighted by Gasteiger charge is 2.33. The Morgan fingerprint density at radius 2 is 2.04 bits per heavy atom. The van der Waals surface area contributed by atoms with Gasteiger partial charge in [-0.1, -0.05) is 0 Å². The topological polar surface area (TPSA) is 105 Å². The number of benzene rings is 1. The van der Waals surface area contributed by atoms with Gasteiger partial charge < -0.3 is 16.0 Å². The van der Waals surface area contributed by atoms with Crippen LogP contribution >= 0.6 is 0 Å². The van der Waals surface area contributed by atoms with Gasteiger partial charge in [0.2, 0.25) is 0 Å². The van der Waals surface area contributed by atoms with Gasteiger partial charge in [0.15, 0.2) is 0 Å². The lowest BCUT2D eigenvalue weighted by atomic mass is 10.1. The Balaban J connectivity index is 1.76. The summed E-state index contributed by atoms with van der Waals surface area (Å²) in [6.45, 7) is 4.78. The van der Waals surface area contributed by atoms with Gasteiger partial charge in [-0.15, -0.1) is 0 Å². The van der Waals surface area contributed by atoms with Crippen molar-refractivity contribution in [2.24, 2.45) is 0 Å². The number of hydrogen-bond donors (Lipinski definition) is 2. The van der Waals surface area contributed by atoms with Gasteiger partial charge in [0, 0.05) is 45.3 Å². The number of nitrogens with two attached hydrogens (primary N) is 1. The number of piperazine rings is 1. The van der Waals surface area contributed by atoms with Gasteiger partial charge in [-0.2, -0.15) is 0 Å². The van der Waals surface area contributed by atoms with Crippen LogP contribution < -0.4 is 11.1 Å². The first-order valence-electron chi connectivity index (χ1n) is 7.95. The molecule has 0 radical (unpaired) electrons. The second kappa shape index (κ2) is 6.70. The van der Waals surface area contributed by atoms with Crippen LogP contribution in [0.4, 0.5) is 15.8 Å². The fraction of sp³-hybridized carbons (Fsp3) is 0.533. The van der Waals surface area contributed by atoms with Gasteiger partial charge in [0.25, 0.3) is 11.6 Å². The quantitative estimate of drug-likeness (QED) is 0.471. The minimum Gasteiger partial charge on any atom is -0.393 e. The van der Waals surface area contributed by atoms with Crippen LogP contribution in [0.1, 0.15) is 16.8 Å². The monoisotopic (exact) mass is 337 g/mol. The Kier molecular flexibility index (Phi) is 4.63. The molecule has 0 aliphatic carbocycles. The molecule has 1 aromatic rings. The fourth-order valence-corrected chi connectivity index (χ4v) is 3.37. The second-order valence-corrected chi connectivity index (χ2v) is 6.12. The molecule has 2 saturated heterocycles. The summed E-state index contributed by atoms with van der Waals surface area (Å²) in [5.41, 5.74) is 4.73. The Labute approximate surface area is 138 Å². The zero-order valence-corrected chi connectivity index (χ0v) is 13.2. The SMILES string of the molecule is Nc1c(C(=O)N2CCC(N3CCNCC3)C2)cc(F)cc1[N+](=O)[O-]. The molecule has 2 fully saturated rings. The van der Waals surface area contributed by atoms with Gasteiger partial charge >= 0.3 is 0 Å². The van der Waals surface area contributed by atoms with E-state index in [0.29, 0.717) is 13.1 Å². The van der Waals surface area contributed by atoms with Crippen molar-refractivity contribution in [3.63, 3.8) is 0 Å². The third-order valence-electron chi connectivity index (χ3n) is 4.67. The summed E-state index contributed by atoms with van der Waals surface area (Å²) in [6.07, 6.45) is 0.836. The van der Waals surface area contributed by atoms with E-state index in [1.165, 1.54) is 0 Å². The Morgan fingerprint density at radius 3 is 2.71 bits per heavy atom. The van der Waals surface area contributed by atoms with Crippen molar-refractivity contribution in [2.45, 2.75) is 12.5 Å². The number of nitro groups is 1. The summed E-state index contributed by atoms with van der Waals surface area (Å²) in [5, 5.41) is 14.2. The summed E-state index contributed by atoms with van der Waals surface area (Å²) in [4.78, 5) is 26.8. The summed E-state index contributed by atoms with van der Waals surface area (Å²) in [5.74, 6) is -1.29. The lowest BCUT2D eigenvalue weighted by Gasteiger charge is -2.32. The van der Waals surface area contributed by atoms with E-state index in [2.05, 4.69) is 10.2 Å². The van der Waals surface area contributed by atoms with Crippen molar-refractivity contribution < 1.29 is 14.1 Å². The number of halogens is 1. The highest BCUT2D eigenvalue weighted by molar-refractivity contribution is 6.01. The van der Waals surface area contributed by atoms with Crippen molar-refractivity contribution in [1.82, 2.24) is 15.1 Å². The van der Waals surface area contributed by atoms with Crippen LogP contribution in [0, 0.1) is 15.9 Å². The molecule has 0 spiro atoms. The molecule has 8 nitrogen and oxygen atoms in total. The van der Waals surface area contributed by atoms with Crippen molar-refractivity contribution in [1.29, 1.82) is 0 Å². The van der Waals surface area contributed by atoms with Gasteiger partial charge in [0.05, 0.1) is 16.6 Å². The van der Waals surface area contributed by atoms with E-state index < -0.39 is 22.3 Å². The van der Waals surface area contributed by atoms with Crippen LogP contribution in [-0.2, 0) is 0 Å². The van der Waals surface area contributed by atoms with E-state index in [9.17, 15) is 19.3 Å². The maximum atomic E-state index is 13.6. The van der Waals surface area contributed by atoms with Gasteiger partial charge in [0.1, 0.15) is 11.5 Å². The highest BCUT2D eigenvalue weighted by Crippen LogP contribution is 2.29. The molecule has 1 aromatic carbocycles. The van der Waals surface area contributed by atoms with Gasteiger partial charge in [-0.05, 0) is 12.5 Å². The van der Waals surface area contributed by atoms with Crippen LogP contribution in [0.15, 0.2) is 12.1 Å². The van der Waals surface area contributed by atoms with Crippen molar-refractivity contribution in [3.05, 3.63) is 33.6 Å². The minimum atomic E-state index is -0.836. The first-order valence-corrected chi connectivity index (χ1v) is 7.95. The summed E-state index contributed by atoms with van der Waals surface area (Å²) < 4.78 is 13.6. The number of nitrogen functional groups attached to an aromatic ring is 1. The number of nitrogens with zero attached hydrogens (tertiary/aromatic N) is 3. The Morgan fingerprint density at radius 1 is 1.33 bits per heavy atom. The predicted molar refractivity (Wildman–Crippen MR) is 86.2 cm³/mol. The Bertz CT molecular complexity index is 663. The van der Waals surface area contributed by atoms with Crippen LogP contribution in [0.5, 0.6) is 0 Å². The van der Waals surface area contributed by atoms with Crippen molar-refractivity contribution in [3.8, 4) is 0 Å². The molecule has 0 saturated carbocycles. The first-order chi connectivity index (χ1) is 11.5. The van der Waals surface area contributed by atoms with Crippen LogP contribution in [0.2, 0.25) is 0 Å². The molecule has 130 valence electrons. The minimum absolute atomic E-state index is 0.136. The molecule has 1 atom stereocenters. The zero-order chi connectivity index (χ0) is 17.3. The average Bonchev–Trinajstić information content (AvgIpc) is 3.06.